The van der Waals surface area contributed by atoms with E-state index in [1.807, 2.05) is 11.4 Å². The van der Waals surface area contributed by atoms with Crippen LogP contribution in [0.15, 0.2) is 45.1 Å². The summed E-state index contributed by atoms with van der Waals surface area (Å²) in [6, 6.07) is 8.25. The predicted molar refractivity (Wildman–Crippen MR) is 107 cm³/mol. The van der Waals surface area contributed by atoms with Crippen LogP contribution in [0.5, 0.6) is 0 Å². The Kier molecular flexibility index (Phi) is 6.88. The number of urea groups is 1. The van der Waals surface area contributed by atoms with E-state index in [2.05, 4.69) is 26.6 Å². The highest BCUT2D eigenvalue weighted by Gasteiger charge is 2.26. The van der Waals surface area contributed by atoms with Gasteiger partial charge in [0.25, 0.3) is 0 Å². The molecule has 2 aromatic rings. The van der Waals surface area contributed by atoms with Gasteiger partial charge in [-0.2, -0.15) is 4.31 Å². The van der Waals surface area contributed by atoms with Crippen molar-refractivity contribution in [3.05, 3.63) is 50.6 Å². The Labute approximate surface area is 170 Å². The van der Waals surface area contributed by atoms with Crippen LogP contribution in [-0.2, 0) is 27.8 Å². The van der Waals surface area contributed by atoms with Gasteiger partial charge in [-0.05, 0) is 39.7 Å². The van der Waals surface area contributed by atoms with Crippen LogP contribution in [-0.4, -0.2) is 45.1 Å². The lowest BCUT2D eigenvalue weighted by Crippen LogP contribution is -2.40. The number of nitrogens with one attached hydrogen (secondary N) is 2. The average molecular weight is 474 g/mol. The molecule has 1 saturated heterocycles. The van der Waals surface area contributed by atoms with Crippen LogP contribution in [0.25, 0.3) is 0 Å². The molecule has 3 rings (SSSR count). The molecule has 27 heavy (non-hydrogen) atoms. The number of hydrogen-bond acceptors (Lipinski definition) is 5. The Bertz CT molecular complexity index is 878. The van der Waals surface area contributed by atoms with Gasteiger partial charge in [-0.1, -0.05) is 12.1 Å². The molecule has 1 aliphatic heterocycles. The lowest BCUT2D eigenvalue weighted by molar-refractivity contribution is 0.0730. The number of nitrogens with zero attached hydrogens (tertiary/aromatic N) is 1. The molecule has 0 saturated carbocycles. The highest BCUT2D eigenvalue weighted by molar-refractivity contribution is 9.10. The molecule has 0 atom stereocenters. The smallest absolute Gasteiger partial charge is 0.315 e. The molecule has 0 bridgehead atoms. The summed E-state index contributed by atoms with van der Waals surface area (Å²) in [4.78, 5) is 13.2. The minimum absolute atomic E-state index is 0.251. The van der Waals surface area contributed by atoms with Gasteiger partial charge < -0.3 is 15.4 Å². The monoisotopic (exact) mass is 473 g/mol. The minimum atomic E-state index is -3.50. The Morgan fingerprint density at radius 3 is 2.44 bits per heavy atom. The lowest BCUT2D eigenvalue weighted by Gasteiger charge is -2.26. The summed E-state index contributed by atoms with van der Waals surface area (Å²) in [7, 11) is -3.50. The summed E-state index contributed by atoms with van der Waals surface area (Å²) in [6.07, 6.45) is 0. The summed E-state index contributed by atoms with van der Waals surface area (Å²) >= 11 is 4.94. The minimum Gasteiger partial charge on any atom is -0.379 e. The third-order valence-corrected chi connectivity index (χ3v) is 7.64. The number of carbonyl (C=O) groups is 1. The molecule has 2 heterocycles. The maximum absolute atomic E-state index is 12.6. The van der Waals surface area contributed by atoms with E-state index in [0.717, 1.165) is 14.9 Å². The summed E-state index contributed by atoms with van der Waals surface area (Å²) in [5, 5.41) is 7.51. The average Bonchev–Trinajstić information content (AvgIpc) is 3.11. The summed E-state index contributed by atoms with van der Waals surface area (Å²) in [6.45, 7) is 2.34. The van der Waals surface area contributed by atoms with Crippen molar-refractivity contribution in [1.29, 1.82) is 0 Å². The molecule has 146 valence electrons. The molecule has 0 unspecified atom stereocenters. The second-order valence-electron chi connectivity index (χ2n) is 5.93. The topological polar surface area (TPSA) is 87.7 Å². The van der Waals surface area contributed by atoms with Crippen molar-refractivity contribution in [3.8, 4) is 0 Å². The van der Waals surface area contributed by atoms with Crippen molar-refractivity contribution in [2.75, 3.05) is 26.3 Å². The number of halogens is 1. The van der Waals surface area contributed by atoms with Crippen molar-refractivity contribution in [3.63, 3.8) is 0 Å². The number of sulfonamides is 1. The van der Waals surface area contributed by atoms with E-state index in [1.54, 1.807) is 35.6 Å². The van der Waals surface area contributed by atoms with Crippen molar-refractivity contribution >= 4 is 43.3 Å². The standard InChI is InChI=1S/C17H20BrN3O4S2/c18-14-9-15(26-12-14)11-20-17(22)19-10-13-1-3-16(4-2-13)27(23,24)21-5-7-25-8-6-21/h1-4,9,12H,5-8,10-11H2,(H2,19,20,22). The second kappa shape index (κ2) is 9.16. The number of morpholine rings is 1. The van der Waals surface area contributed by atoms with Gasteiger partial charge in [-0.15, -0.1) is 11.3 Å². The zero-order valence-corrected chi connectivity index (χ0v) is 17.7. The van der Waals surface area contributed by atoms with E-state index in [0.29, 0.717) is 39.4 Å². The van der Waals surface area contributed by atoms with Gasteiger partial charge >= 0.3 is 6.03 Å². The van der Waals surface area contributed by atoms with Crippen LogP contribution in [0, 0.1) is 0 Å². The maximum atomic E-state index is 12.6. The molecule has 1 fully saturated rings. The van der Waals surface area contributed by atoms with Crippen molar-refractivity contribution < 1.29 is 17.9 Å². The largest absolute Gasteiger partial charge is 0.379 e. The van der Waals surface area contributed by atoms with Crippen LogP contribution < -0.4 is 10.6 Å². The number of benzene rings is 1. The van der Waals surface area contributed by atoms with Crippen molar-refractivity contribution in [1.82, 2.24) is 14.9 Å². The first kappa shape index (κ1) is 20.3. The van der Waals surface area contributed by atoms with Crippen molar-refractivity contribution in [2.45, 2.75) is 18.0 Å². The van der Waals surface area contributed by atoms with Crippen LogP contribution in [0.2, 0.25) is 0 Å². The molecule has 1 aromatic carbocycles. The summed E-state index contributed by atoms with van der Waals surface area (Å²) in [5.74, 6) is 0. The first-order chi connectivity index (χ1) is 12.9. The van der Waals surface area contributed by atoms with Crippen molar-refractivity contribution in [2.24, 2.45) is 0 Å². The van der Waals surface area contributed by atoms with E-state index < -0.39 is 10.0 Å². The number of ether oxygens (including phenoxy) is 1. The van der Waals surface area contributed by atoms with E-state index in [4.69, 9.17) is 4.74 Å². The van der Waals surface area contributed by atoms with Gasteiger partial charge in [-0.3, -0.25) is 0 Å². The predicted octanol–water partition coefficient (Wildman–Crippen LogP) is 2.53. The Hall–Kier alpha value is -1.46. The van der Waals surface area contributed by atoms with E-state index >= 15 is 0 Å². The summed E-state index contributed by atoms with van der Waals surface area (Å²) < 4.78 is 32.8. The first-order valence-corrected chi connectivity index (χ1v) is 11.5. The number of thiophene rings is 1. The fourth-order valence-electron chi connectivity index (χ4n) is 2.57. The third kappa shape index (κ3) is 5.52. The van der Waals surface area contributed by atoms with Gasteiger partial charge in [0.05, 0.1) is 24.7 Å². The number of hydrogen-bond donors (Lipinski definition) is 2. The normalized spacial score (nSPS) is 15.4. The maximum Gasteiger partial charge on any atom is 0.315 e. The molecule has 7 nitrogen and oxygen atoms in total. The lowest BCUT2D eigenvalue weighted by atomic mass is 10.2. The van der Waals surface area contributed by atoms with Crippen LogP contribution in [0.1, 0.15) is 10.4 Å². The molecular weight excluding hydrogens is 454 g/mol. The summed E-state index contributed by atoms with van der Waals surface area (Å²) in [5.41, 5.74) is 0.824. The van der Waals surface area contributed by atoms with Gasteiger partial charge in [0.2, 0.25) is 10.0 Å². The molecule has 0 spiro atoms. The molecule has 2 amide bonds. The second-order valence-corrected chi connectivity index (χ2v) is 9.78. The number of rotatable bonds is 6. The molecule has 0 radical (unpaired) electrons. The van der Waals surface area contributed by atoms with Gasteiger partial charge in [0.15, 0.2) is 0 Å². The Morgan fingerprint density at radius 2 is 1.81 bits per heavy atom. The van der Waals surface area contributed by atoms with E-state index in [1.165, 1.54) is 4.31 Å². The van der Waals surface area contributed by atoms with Gasteiger partial charge in [0, 0.05) is 34.4 Å². The Balaban J connectivity index is 1.50. The third-order valence-electron chi connectivity index (χ3n) is 4.03. The fraction of sp³-hybridized carbons (Fsp3) is 0.353. The van der Waals surface area contributed by atoms with E-state index in [9.17, 15) is 13.2 Å². The quantitative estimate of drug-likeness (QED) is 0.674. The molecule has 0 aliphatic carbocycles. The molecule has 2 N–H and O–H groups in total. The van der Waals surface area contributed by atoms with Crippen LogP contribution in [0.4, 0.5) is 4.79 Å². The molecule has 1 aromatic heterocycles. The highest BCUT2D eigenvalue weighted by Crippen LogP contribution is 2.19. The number of carbonyl (C=O) groups excluding carboxylic acids is 1. The first-order valence-electron chi connectivity index (χ1n) is 8.36. The van der Waals surface area contributed by atoms with Gasteiger partial charge in [-0.25, -0.2) is 13.2 Å². The zero-order valence-electron chi connectivity index (χ0n) is 14.5. The molecular formula is C17H20BrN3O4S2. The van der Waals surface area contributed by atoms with Crippen LogP contribution in [0.3, 0.4) is 0 Å². The van der Waals surface area contributed by atoms with E-state index in [-0.39, 0.29) is 10.9 Å². The molecule has 1 aliphatic rings. The van der Waals surface area contributed by atoms with Crippen LogP contribution >= 0.6 is 27.3 Å². The fourth-order valence-corrected chi connectivity index (χ4v) is 5.37. The highest BCUT2D eigenvalue weighted by atomic mass is 79.9. The Morgan fingerprint density at radius 1 is 1.15 bits per heavy atom. The molecule has 10 heteroatoms. The van der Waals surface area contributed by atoms with Gasteiger partial charge in [0.1, 0.15) is 0 Å². The number of amides is 2. The SMILES string of the molecule is O=C(NCc1ccc(S(=O)(=O)N2CCOCC2)cc1)NCc1cc(Br)cs1. The zero-order chi connectivity index (χ0) is 19.3.